The predicted molar refractivity (Wildman–Crippen MR) is 65.5 cm³/mol. The molecule has 1 rings (SSSR count). The maximum Gasteiger partial charge on any atom is 0.326 e. The molecule has 1 aromatic carbocycles. The number of carbonyl (C=O) groups excluding carboxylic acids is 2. The topological polar surface area (TPSA) is 78.6 Å². The second kappa shape index (κ2) is 7.45. The van der Waals surface area contributed by atoms with Crippen LogP contribution in [0.4, 0.5) is 0 Å². The van der Waals surface area contributed by atoms with E-state index in [4.69, 9.17) is 10.5 Å². The van der Waals surface area contributed by atoms with Gasteiger partial charge in [0, 0.05) is 6.42 Å². The third-order valence-electron chi connectivity index (χ3n) is 2.31. The molecule has 0 aliphatic rings. The number of carbonyl (C=O) groups is 2. The molecule has 1 aromatic rings. The Morgan fingerprint density at radius 1 is 1.22 bits per heavy atom. The summed E-state index contributed by atoms with van der Waals surface area (Å²) in [5.41, 5.74) is 6.63. The summed E-state index contributed by atoms with van der Waals surface area (Å²) in [6.07, 6.45) is 0.634. The van der Waals surface area contributed by atoms with Gasteiger partial charge in [0.1, 0.15) is 6.04 Å². The molecule has 0 fully saturated rings. The number of ether oxygens (including phenoxy) is 2. The van der Waals surface area contributed by atoms with E-state index in [-0.39, 0.29) is 13.2 Å². The monoisotopic (exact) mass is 251 g/mol. The first-order chi connectivity index (χ1) is 8.63. The van der Waals surface area contributed by atoms with Gasteiger partial charge in [-0.3, -0.25) is 9.59 Å². The minimum atomic E-state index is -0.757. The molecule has 2 N–H and O–H groups in total. The highest BCUT2D eigenvalue weighted by atomic mass is 16.7. The van der Waals surface area contributed by atoms with E-state index in [1.807, 2.05) is 30.3 Å². The number of hydrogen-bond donors (Lipinski definition) is 1. The van der Waals surface area contributed by atoms with E-state index in [2.05, 4.69) is 4.74 Å². The van der Waals surface area contributed by atoms with E-state index in [0.717, 1.165) is 5.56 Å². The summed E-state index contributed by atoms with van der Waals surface area (Å²) in [5.74, 6) is -0.998. The Hall–Kier alpha value is -1.88. The highest BCUT2D eigenvalue weighted by Crippen LogP contribution is 2.03. The molecular weight excluding hydrogens is 234 g/mol. The van der Waals surface area contributed by atoms with Crippen LogP contribution in [0.15, 0.2) is 30.3 Å². The van der Waals surface area contributed by atoms with Crippen LogP contribution in [0.1, 0.15) is 18.9 Å². The second-order valence-electron chi connectivity index (χ2n) is 3.75. The van der Waals surface area contributed by atoms with Gasteiger partial charge in [-0.2, -0.15) is 0 Å². The molecule has 0 bridgehead atoms. The van der Waals surface area contributed by atoms with Gasteiger partial charge in [0.2, 0.25) is 6.79 Å². The van der Waals surface area contributed by atoms with E-state index in [1.165, 1.54) is 0 Å². The molecule has 0 spiro atoms. The summed E-state index contributed by atoms with van der Waals surface area (Å²) >= 11 is 0. The van der Waals surface area contributed by atoms with Crippen LogP contribution < -0.4 is 5.73 Å². The fraction of sp³-hybridized carbons (Fsp3) is 0.385. The third-order valence-corrected chi connectivity index (χ3v) is 2.31. The van der Waals surface area contributed by atoms with Gasteiger partial charge in [-0.15, -0.1) is 0 Å². The quantitative estimate of drug-likeness (QED) is 0.603. The molecule has 1 unspecified atom stereocenters. The Morgan fingerprint density at radius 3 is 2.50 bits per heavy atom. The largest absolute Gasteiger partial charge is 0.428 e. The van der Waals surface area contributed by atoms with E-state index in [9.17, 15) is 9.59 Å². The van der Waals surface area contributed by atoms with Gasteiger partial charge in [0.05, 0.1) is 0 Å². The number of esters is 2. The van der Waals surface area contributed by atoms with Gasteiger partial charge in [-0.05, 0) is 12.0 Å². The van der Waals surface area contributed by atoms with Crippen molar-refractivity contribution in [2.45, 2.75) is 25.8 Å². The van der Waals surface area contributed by atoms with Crippen LogP contribution in [0, 0.1) is 0 Å². The zero-order valence-corrected chi connectivity index (χ0v) is 10.3. The predicted octanol–water partition coefficient (Wildman–Crippen LogP) is 1.01. The molecule has 0 heterocycles. The van der Waals surface area contributed by atoms with Crippen LogP contribution in [0.3, 0.4) is 0 Å². The minimum absolute atomic E-state index is 0.244. The van der Waals surface area contributed by atoms with Crippen molar-refractivity contribution in [1.29, 1.82) is 0 Å². The van der Waals surface area contributed by atoms with Crippen LogP contribution in [0.25, 0.3) is 0 Å². The Balaban J connectivity index is 2.31. The van der Waals surface area contributed by atoms with Gasteiger partial charge >= 0.3 is 11.9 Å². The van der Waals surface area contributed by atoms with E-state index in [0.29, 0.717) is 6.42 Å². The van der Waals surface area contributed by atoms with Gasteiger partial charge in [-0.1, -0.05) is 37.3 Å². The Morgan fingerprint density at radius 2 is 1.89 bits per heavy atom. The van der Waals surface area contributed by atoms with Crippen molar-refractivity contribution < 1.29 is 19.1 Å². The van der Waals surface area contributed by atoms with E-state index >= 15 is 0 Å². The molecule has 98 valence electrons. The summed E-state index contributed by atoms with van der Waals surface area (Å²) in [6, 6.07) is 8.63. The lowest BCUT2D eigenvalue weighted by molar-refractivity contribution is -0.167. The average molecular weight is 251 g/mol. The van der Waals surface area contributed by atoms with Crippen molar-refractivity contribution in [3.63, 3.8) is 0 Å². The summed E-state index contributed by atoms with van der Waals surface area (Å²) in [5, 5.41) is 0. The summed E-state index contributed by atoms with van der Waals surface area (Å²) in [6.45, 7) is 1.28. The fourth-order valence-electron chi connectivity index (χ4n) is 1.31. The summed E-state index contributed by atoms with van der Waals surface area (Å²) < 4.78 is 9.37. The van der Waals surface area contributed by atoms with Gasteiger partial charge in [0.15, 0.2) is 0 Å². The van der Waals surface area contributed by atoms with Crippen LogP contribution in [-0.4, -0.2) is 24.8 Å². The molecule has 0 amide bonds. The molecule has 0 aliphatic heterocycles. The van der Waals surface area contributed by atoms with Crippen LogP contribution in [0.5, 0.6) is 0 Å². The summed E-state index contributed by atoms with van der Waals surface area (Å²) in [7, 11) is 0. The Labute approximate surface area is 106 Å². The van der Waals surface area contributed by atoms with Gasteiger partial charge in [-0.25, -0.2) is 0 Å². The van der Waals surface area contributed by atoms with Crippen LogP contribution in [-0.2, 0) is 25.5 Å². The van der Waals surface area contributed by atoms with E-state index < -0.39 is 18.0 Å². The van der Waals surface area contributed by atoms with E-state index in [1.54, 1.807) is 6.92 Å². The van der Waals surface area contributed by atoms with Crippen molar-refractivity contribution >= 4 is 11.9 Å². The highest BCUT2D eigenvalue weighted by Gasteiger charge is 2.15. The lowest BCUT2D eigenvalue weighted by Crippen LogP contribution is -2.35. The molecule has 0 saturated heterocycles. The maximum absolute atomic E-state index is 11.5. The lowest BCUT2D eigenvalue weighted by atomic mass is 10.1. The molecule has 0 aromatic heterocycles. The third kappa shape index (κ3) is 4.97. The SMILES string of the molecule is CCC(=O)OCOC(=O)C(N)Cc1ccccc1. The van der Waals surface area contributed by atoms with Crippen molar-refractivity contribution in [2.24, 2.45) is 5.73 Å². The van der Waals surface area contributed by atoms with Gasteiger partial charge in [0.25, 0.3) is 0 Å². The standard InChI is InChI=1S/C13H17NO4/c1-2-12(15)17-9-18-13(16)11(14)8-10-6-4-3-5-7-10/h3-7,11H,2,8-9,14H2,1H3. The molecule has 18 heavy (non-hydrogen) atoms. The number of nitrogens with two attached hydrogens (primary N) is 1. The fourth-order valence-corrected chi connectivity index (χ4v) is 1.31. The van der Waals surface area contributed by atoms with Crippen molar-refractivity contribution in [1.82, 2.24) is 0 Å². The zero-order chi connectivity index (χ0) is 13.4. The first-order valence-electron chi connectivity index (χ1n) is 5.75. The normalized spacial score (nSPS) is 11.7. The Bertz CT molecular complexity index is 391. The van der Waals surface area contributed by atoms with Crippen molar-refractivity contribution in [3.8, 4) is 0 Å². The lowest BCUT2D eigenvalue weighted by Gasteiger charge is -2.11. The molecular formula is C13H17NO4. The Kier molecular flexibility index (Phi) is 5.87. The molecule has 0 saturated carbocycles. The zero-order valence-electron chi connectivity index (χ0n) is 10.3. The van der Waals surface area contributed by atoms with Crippen molar-refractivity contribution in [3.05, 3.63) is 35.9 Å². The smallest absolute Gasteiger partial charge is 0.326 e. The number of hydrogen-bond acceptors (Lipinski definition) is 5. The first kappa shape index (κ1) is 14.2. The summed E-state index contributed by atoms with van der Waals surface area (Å²) in [4.78, 5) is 22.3. The molecule has 5 nitrogen and oxygen atoms in total. The van der Waals surface area contributed by atoms with Crippen molar-refractivity contribution in [2.75, 3.05) is 6.79 Å². The van der Waals surface area contributed by atoms with Gasteiger partial charge < -0.3 is 15.2 Å². The minimum Gasteiger partial charge on any atom is -0.428 e. The van der Waals surface area contributed by atoms with Crippen LogP contribution >= 0.6 is 0 Å². The highest BCUT2D eigenvalue weighted by molar-refractivity contribution is 5.76. The average Bonchev–Trinajstić information content (AvgIpc) is 2.39. The van der Waals surface area contributed by atoms with Crippen LogP contribution in [0.2, 0.25) is 0 Å². The first-order valence-corrected chi connectivity index (χ1v) is 5.75. The molecule has 0 radical (unpaired) electrons. The molecule has 0 aliphatic carbocycles. The second-order valence-corrected chi connectivity index (χ2v) is 3.75. The number of benzene rings is 1. The maximum atomic E-state index is 11.5. The molecule has 5 heteroatoms. The number of rotatable bonds is 6. The molecule has 1 atom stereocenters.